The van der Waals surface area contributed by atoms with E-state index in [9.17, 15) is 13.2 Å². The summed E-state index contributed by atoms with van der Waals surface area (Å²) in [5, 5.41) is 10.7. The van der Waals surface area contributed by atoms with E-state index in [4.69, 9.17) is 17.5 Å². The third-order valence-electron chi connectivity index (χ3n) is 2.24. The molecule has 92 valence electrons. The number of halogens is 3. The van der Waals surface area contributed by atoms with E-state index in [-0.39, 0.29) is 15.8 Å². The van der Waals surface area contributed by atoms with Crippen molar-refractivity contribution >= 4 is 23.6 Å². The Morgan fingerprint density at radius 2 is 2.11 bits per heavy atom. The Bertz CT molecular complexity index is 663. The molecule has 18 heavy (non-hydrogen) atoms. The van der Waals surface area contributed by atoms with Crippen LogP contribution >= 0.6 is 23.6 Å². The number of alkyl halides is 3. The molecule has 0 unspecified atom stereocenters. The molecule has 0 aliphatic carbocycles. The maximum Gasteiger partial charge on any atom is 0.431 e. The highest BCUT2D eigenvalue weighted by Gasteiger charge is 2.32. The summed E-state index contributed by atoms with van der Waals surface area (Å²) in [6, 6.07) is 6.10. The number of hydrogen-bond acceptors (Lipinski definition) is 3. The highest BCUT2D eigenvalue weighted by Crippen LogP contribution is 2.34. The number of hydrogen-bond donors (Lipinski definition) is 1. The Balaban J connectivity index is 2.75. The molecule has 2 heterocycles. The summed E-state index contributed by atoms with van der Waals surface area (Å²) in [5.41, 5.74) is -0.682. The van der Waals surface area contributed by atoms with Crippen molar-refractivity contribution in [1.29, 1.82) is 5.26 Å². The molecular weight excluding hydrogens is 281 g/mol. The van der Waals surface area contributed by atoms with E-state index >= 15 is 0 Å². The normalized spacial score (nSPS) is 11.2. The number of nitrogens with zero attached hydrogens (tertiary/aromatic N) is 1. The molecule has 0 fully saturated rings. The molecule has 2 aromatic heterocycles. The summed E-state index contributed by atoms with van der Waals surface area (Å²) in [7, 11) is 0. The van der Waals surface area contributed by atoms with Crippen LogP contribution < -0.4 is 0 Å². The van der Waals surface area contributed by atoms with Crippen LogP contribution in [0.2, 0.25) is 0 Å². The number of rotatable bonds is 1. The number of H-pyrrole nitrogens is 1. The predicted octanol–water partition coefficient (Wildman–Crippen LogP) is 4.36. The first kappa shape index (κ1) is 12.8. The van der Waals surface area contributed by atoms with E-state index < -0.39 is 11.9 Å². The molecule has 0 aromatic carbocycles. The van der Waals surface area contributed by atoms with Gasteiger partial charge in [0.15, 0.2) is 0 Å². The van der Waals surface area contributed by atoms with E-state index in [1.54, 1.807) is 17.5 Å². The fourth-order valence-corrected chi connectivity index (χ4v) is 2.46. The minimum absolute atomic E-state index is 0.0560. The Hall–Kier alpha value is -1.65. The molecule has 2 rings (SSSR count). The van der Waals surface area contributed by atoms with Crippen molar-refractivity contribution in [2.24, 2.45) is 0 Å². The second-order valence-electron chi connectivity index (χ2n) is 3.39. The van der Waals surface area contributed by atoms with Crippen molar-refractivity contribution in [2.75, 3.05) is 0 Å². The van der Waals surface area contributed by atoms with Crippen LogP contribution in [0, 0.1) is 16.0 Å². The van der Waals surface area contributed by atoms with Gasteiger partial charge in [-0.25, -0.2) is 0 Å². The molecule has 1 N–H and O–H groups in total. The summed E-state index contributed by atoms with van der Waals surface area (Å²) >= 11 is 6.05. The lowest BCUT2D eigenvalue weighted by atomic mass is 10.1. The summed E-state index contributed by atoms with van der Waals surface area (Å²) in [4.78, 5) is 2.62. The smallest absolute Gasteiger partial charge is 0.341 e. The Kier molecular flexibility index (Phi) is 3.24. The third kappa shape index (κ3) is 2.30. The zero-order chi connectivity index (χ0) is 13.3. The molecule has 0 bridgehead atoms. The van der Waals surface area contributed by atoms with Crippen LogP contribution in [0.5, 0.6) is 0 Å². The number of pyridine rings is 1. The summed E-state index contributed by atoms with van der Waals surface area (Å²) in [6.45, 7) is 0. The Morgan fingerprint density at radius 3 is 2.61 bits per heavy atom. The molecule has 0 saturated heterocycles. The van der Waals surface area contributed by atoms with Gasteiger partial charge in [-0.15, -0.1) is 11.3 Å². The van der Waals surface area contributed by atoms with E-state index in [1.165, 1.54) is 11.3 Å². The van der Waals surface area contributed by atoms with Crippen molar-refractivity contribution in [2.45, 2.75) is 6.18 Å². The topological polar surface area (TPSA) is 39.6 Å². The van der Waals surface area contributed by atoms with Crippen LogP contribution in [0.3, 0.4) is 0 Å². The largest absolute Gasteiger partial charge is 0.431 e. The molecule has 0 aliphatic rings. The van der Waals surface area contributed by atoms with Gasteiger partial charge in [0.1, 0.15) is 16.4 Å². The molecule has 0 spiro atoms. The lowest BCUT2D eigenvalue weighted by Gasteiger charge is -2.09. The van der Waals surface area contributed by atoms with E-state index in [2.05, 4.69) is 0 Å². The van der Waals surface area contributed by atoms with Crippen LogP contribution in [-0.4, -0.2) is 4.98 Å². The molecule has 0 atom stereocenters. The number of aromatic nitrogens is 1. The lowest BCUT2D eigenvalue weighted by Crippen LogP contribution is -2.09. The number of nitrogens with one attached hydrogen (secondary N) is 1. The second kappa shape index (κ2) is 4.55. The molecule has 7 heteroatoms. The number of nitriles is 1. The van der Waals surface area contributed by atoms with Gasteiger partial charge in [0.2, 0.25) is 0 Å². The molecule has 0 radical (unpaired) electrons. The van der Waals surface area contributed by atoms with Gasteiger partial charge in [0.05, 0.1) is 5.56 Å². The fraction of sp³-hybridized carbons (Fsp3) is 0.0909. The summed E-state index contributed by atoms with van der Waals surface area (Å²) in [6.07, 6.45) is -4.52. The van der Waals surface area contributed by atoms with Crippen LogP contribution in [0.15, 0.2) is 23.6 Å². The highest BCUT2D eigenvalue weighted by atomic mass is 32.1. The van der Waals surface area contributed by atoms with Crippen molar-refractivity contribution in [1.82, 2.24) is 4.98 Å². The van der Waals surface area contributed by atoms with Gasteiger partial charge in [-0.1, -0.05) is 18.3 Å². The van der Waals surface area contributed by atoms with Crippen molar-refractivity contribution < 1.29 is 13.2 Å². The molecule has 2 aromatic rings. The summed E-state index contributed by atoms with van der Waals surface area (Å²) in [5.74, 6) is 0. The zero-order valence-corrected chi connectivity index (χ0v) is 10.3. The fourth-order valence-electron chi connectivity index (χ4n) is 1.45. The first-order valence-electron chi connectivity index (χ1n) is 4.72. The van der Waals surface area contributed by atoms with Crippen LogP contribution in [-0.2, 0) is 6.18 Å². The molecule has 0 amide bonds. The first-order valence-corrected chi connectivity index (χ1v) is 6.01. The van der Waals surface area contributed by atoms with E-state index in [1.807, 2.05) is 11.1 Å². The van der Waals surface area contributed by atoms with Crippen LogP contribution in [0.1, 0.15) is 11.3 Å². The van der Waals surface area contributed by atoms with Gasteiger partial charge < -0.3 is 4.98 Å². The standard InChI is InChI=1S/C11H5F3N2S2/c12-11(13,14)9-4-6(8-2-1-3-18-8)7(5-15)10(17)16-9/h1-4H,(H,16,17). The number of aromatic amines is 1. The maximum atomic E-state index is 12.7. The zero-order valence-electron chi connectivity index (χ0n) is 8.71. The van der Waals surface area contributed by atoms with Crippen molar-refractivity contribution in [3.63, 3.8) is 0 Å². The molecule has 0 saturated carbocycles. The van der Waals surface area contributed by atoms with Gasteiger partial charge >= 0.3 is 6.18 Å². The minimum Gasteiger partial charge on any atom is -0.341 e. The third-order valence-corrected chi connectivity index (χ3v) is 3.45. The van der Waals surface area contributed by atoms with Crippen LogP contribution in [0.4, 0.5) is 13.2 Å². The minimum atomic E-state index is -4.52. The summed E-state index contributed by atoms with van der Waals surface area (Å²) < 4.78 is 37.8. The second-order valence-corrected chi connectivity index (χ2v) is 4.74. The average molecular weight is 286 g/mol. The van der Waals surface area contributed by atoms with Crippen molar-refractivity contribution in [3.8, 4) is 16.5 Å². The highest BCUT2D eigenvalue weighted by molar-refractivity contribution is 7.71. The van der Waals surface area contributed by atoms with Gasteiger partial charge in [-0.3, -0.25) is 0 Å². The Morgan fingerprint density at radius 1 is 1.39 bits per heavy atom. The maximum absolute atomic E-state index is 12.7. The molecule has 2 nitrogen and oxygen atoms in total. The van der Waals surface area contributed by atoms with E-state index in [0.29, 0.717) is 4.88 Å². The lowest BCUT2D eigenvalue weighted by molar-refractivity contribution is -0.141. The van der Waals surface area contributed by atoms with Crippen LogP contribution in [0.25, 0.3) is 10.4 Å². The molecule has 0 aliphatic heterocycles. The predicted molar refractivity (Wildman–Crippen MR) is 64.7 cm³/mol. The monoisotopic (exact) mass is 286 g/mol. The number of thiophene rings is 1. The quantitative estimate of drug-likeness (QED) is 0.791. The van der Waals surface area contributed by atoms with Gasteiger partial charge in [-0.05, 0) is 17.5 Å². The average Bonchev–Trinajstić information content (AvgIpc) is 2.79. The first-order chi connectivity index (χ1) is 8.43. The van der Waals surface area contributed by atoms with Gasteiger partial charge in [-0.2, -0.15) is 18.4 Å². The Labute approximate surface area is 109 Å². The van der Waals surface area contributed by atoms with Crippen molar-refractivity contribution in [3.05, 3.63) is 39.5 Å². The van der Waals surface area contributed by atoms with Gasteiger partial charge in [0.25, 0.3) is 0 Å². The van der Waals surface area contributed by atoms with E-state index in [0.717, 1.165) is 6.07 Å². The molecular formula is C11H5F3N2S2. The SMILES string of the molecule is N#Cc1c(-c2cccs2)cc(C(F)(F)F)[nH]c1=S. The van der Waals surface area contributed by atoms with Gasteiger partial charge in [0, 0.05) is 10.4 Å².